The Balaban J connectivity index is 1.50. The average Bonchev–Trinajstić information content (AvgIpc) is 3.21. The summed E-state index contributed by atoms with van der Waals surface area (Å²) in [6.07, 6.45) is 8.21. The molecule has 1 aromatic heterocycles. The minimum atomic E-state index is 0.271. The summed E-state index contributed by atoms with van der Waals surface area (Å²) in [6.45, 7) is 6.52. The van der Waals surface area contributed by atoms with Crippen LogP contribution in [0.4, 0.5) is 0 Å². The van der Waals surface area contributed by atoms with E-state index in [-0.39, 0.29) is 6.04 Å². The van der Waals surface area contributed by atoms with Gasteiger partial charge in [0, 0.05) is 20.1 Å². The summed E-state index contributed by atoms with van der Waals surface area (Å²) in [7, 11) is 4.06. The molecule has 2 N–H and O–H groups in total. The SMILES string of the molecule is CN=C(NCC1CCN(C)CC1)NCC(c1ccco1)N1CCCCC1. The lowest BCUT2D eigenvalue weighted by Gasteiger charge is -2.34. The number of aliphatic imine (C=N–C) groups is 1. The van der Waals surface area contributed by atoms with Gasteiger partial charge in [-0.05, 0) is 77.0 Å². The summed E-state index contributed by atoms with van der Waals surface area (Å²) in [5, 5.41) is 7.06. The number of piperidine rings is 2. The van der Waals surface area contributed by atoms with Crippen LogP contribution in [0.5, 0.6) is 0 Å². The number of nitrogens with one attached hydrogen (secondary N) is 2. The highest BCUT2D eigenvalue weighted by molar-refractivity contribution is 5.79. The first kappa shape index (κ1) is 19.2. The highest BCUT2D eigenvalue weighted by Crippen LogP contribution is 2.24. The van der Waals surface area contributed by atoms with Crippen LogP contribution in [-0.4, -0.2) is 69.1 Å². The molecule has 2 fully saturated rings. The normalized spacial score (nSPS) is 22.3. The third-order valence-corrected chi connectivity index (χ3v) is 5.79. The molecule has 6 nitrogen and oxygen atoms in total. The van der Waals surface area contributed by atoms with Gasteiger partial charge in [0.25, 0.3) is 0 Å². The van der Waals surface area contributed by atoms with E-state index in [1.807, 2.05) is 13.1 Å². The first-order chi connectivity index (χ1) is 12.8. The lowest BCUT2D eigenvalue weighted by molar-refractivity contribution is 0.146. The van der Waals surface area contributed by atoms with E-state index in [0.29, 0.717) is 0 Å². The Morgan fingerprint density at radius 2 is 1.96 bits per heavy atom. The van der Waals surface area contributed by atoms with E-state index >= 15 is 0 Å². The zero-order valence-electron chi connectivity index (χ0n) is 16.4. The quantitative estimate of drug-likeness (QED) is 0.602. The highest BCUT2D eigenvalue weighted by atomic mass is 16.3. The van der Waals surface area contributed by atoms with Gasteiger partial charge in [-0.1, -0.05) is 6.42 Å². The van der Waals surface area contributed by atoms with Crippen LogP contribution in [0.25, 0.3) is 0 Å². The number of hydrogen-bond donors (Lipinski definition) is 2. The Labute approximate surface area is 158 Å². The van der Waals surface area contributed by atoms with Crippen molar-refractivity contribution < 1.29 is 4.42 Å². The monoisotopic (exact) mass is 361 g/mol. The lowest BCUT2D eigenvalue weighted by atomic mass is 9.97. The molecule has 0 aliphatic carbocycles. The summed E-state index contributed by atoms with van der Waals surface area (Å²) >= 11 is 0. The second-order valence-corrected chi connectivity index (χ2v) is 7.71. The third kappa shape index (κ3) is 5.48. The molecule has 0 saturated carbocycles. The Kier molecular flexibility index (Phi) is 7.38. The Hall–Kier alpha value is -1.53. The number of hydrogen-bond acceptors (Lipinski definition) is 4. The molecule has 6 heteroatoms. The smallest absolute Gasteiger partial charge is 0.191 e. The summed E-state index contributed by atoms with van der Waals surface area (Å²) in [5.74, 6) is 2.69. The summed E-state index contributed by atoms with van der Waals surface area (Å²) < 4.78 is 5.73. The predicted octanol–water partition coefficient (Wildman–Crippen LogP) is 2.31. The number of rotatable bonds is 6. The predicted molar refractivity (Wildman–Crippen MR) is 106 cm³/mol. The second kappa shape index (κ2) is 9.97. The van der Waals surface area contributed by atoms with Gasteiger partial charge in [-0.2, -0.15) is 0 Å². The molecule has 1 aromatic rings. The first-order valence-corrected chi connectivity index (χ1v) is 10.2. The molecule has 2 saturated heterocycles. The van der Waals surface area contributed by atoms with Crippen molar-refractivity contribution in [2.75, 3.05) is 53.4 Å². The third-order valence-electron chi connectivity index (χ3n) is 5.79. The van der Waals surface area contributed by atoms with Gasteiger partial charge in [-0.3, -0.25) is 9.89 Å². The molecule has 0 aromatic carbocycles. The maximum atomic E-state index is 5.73. The minimum Gasteiger partial charge on any atom is -0.468 e. The van der Waals surface area contributed by atoms with E-state index in [9.17, 15) is 0 Å². The van der Waals surface area contributed by atoms with Gasteiger partial charge in [0.05, 0.1) is 12.3 Å². The first-order valence-electron chi connectivity index (χ1n) is 10.2. The molecule has 1 unspecified atom stereocenters. The summed E-state index contributed by atoms with van der Waals surface area (Å²) in [5.41, 5.74) is 0. The Morgan fingerprint density at radius 3 is 2.62 bits per heavy atom. The van der Waals surface area contributed by atoms with Gasteiger partial charge >= 0.3 is 0 Å². The van der Waals surface area contributed by atoms with Gasteiger partial charge in [0.1, 0.15) is 5.76 Å². The minimum absolute atomic E-state index is 0.271. The van der Waals surface area contributed by atoms with Crippen LogP contribution in [-0.2, 0) is 0 Å². The maximum absolute atomic E-state index is 5.73. The van der Waals surface area contributed by atoms with E-state index in [1.54, 1.807) is 6.26 Å². The number of guanidine groups is 1. The molecule has 0 spiro atoms. The molecule has 2 aliphatic heterocycles. The molecule has 1 atom stereocenters. The van der Waals surface area contributed by atoms with Crippen molar-refractivity contribution in [3.8, 4) is 0 Å². The van der Waals surface area contributed by atoms with Crippen LogP contribution in [0, 0.1) is 5.92 Å². The number of nitrogens with zero attached hydrogens (tertiary/aromatic N) is 3. The second-order valence-electron chi connectivity index (χ2n) is 7.71. The molecule has 3 rings (SSSR count). The van der Waals surface area contributed by atoms with Crippen molar-refractivity contribution in [1.29, 1.82) is 0 Å². The fraction of sp³-hybridized carbons (Fsp3) is 0.750. The van der Waals surface area contributed by atoms with Crippen molar-refractivity contribution in [3.05, 3.63) is 24.2 Å². The standard InChI is InChI=1S/C20H35N5O/c1-21-20(22-15-17-8-12-24(2)13-9-17)23-16-18(19-7-6-14-26-19)25-10-4-3-5-11-25/h6-7,14,17-18H,3-5,8-13,15-16H2,1-2H3,(H2,21,22,23). The number of furan rings is 1. The molecule has 0 radical (unpaired) electrons. The van der Waals surface area contributed by atoms with Crippen LogP contribution in [0.3, 0.4) is 0 Å². The average molecular weight is 362 g/mol. The highest BCUT2D eigenvalue weighted by Gasteiger charge is 2.24. The Morgan fingerprint density at radius 1 is 1.19 bits per heavy atom. The molecule has 146 valence electrons. The fourth-order valence-electron chi connectivity index (χ4n) is 4.04. The van der Waals surface area contributed by atoms with Crippen molar-refractivity contribution in [2.24, 2.45) is 10.9 Å². The van der Waals surface area contributed by atoms with Crippen LogP contribution < -0.4 is 10.6 Å². The van der Waals surface area contributed by atoms with Gasteiger partial charge in [0.15, 0.2) is 5.96 Å². The molecule has 3 heterocycles. The van der Waals surface area contributed by atoms with Crippen LogP contribution in [0.15, 0.2) is 27.8 Å². The van der Waals surface area contributed by atoms with Crippen LogP contribution >= 0.6 is 0 Å². The van der Waals surface area contributed by atoms with Crippen molar-refractivity contribution in [3.63, 3.8) is 0 Å². The molecule has 0 bridgehead atoms. The summed E-state index contributed by atoms with van der Waals surface area (Å²) in [6, 6.07) is 4.35. The van der Waals surface area contributed by atoms with E-state index in [2.05, 4.69) is 38.5 Å². The molecule has 0 amide bonds. The van der Waals surface area contributed by atoms with Crippen LogP contribution in [0.1, 0.15) is 43.9 Å². The van der Waals surface area contributed by atoms with Gasteiger partial charge in [-0.15, -0.1) is 0 Å². The summed E-state index contributed by atoms with van der Waals surface area (Å²) in [4.78, 5) is 9.37. The van der Waals surface area contributed by atoms with E-state index in [4.69, 9.17) is 4.42 Å². The largest absolute Gasteiger partial charge is 0.468 e. The van der Waals surface area contributed by atoms with Gasteiger partial charge in [0.2, 0.25) is 0 Å². The van der Waals surface area contributed by atoms with Crippen LogP contribution in [0.2, 0.25) is 0 Å². The van der Waals surface area contributed by atoms with E-state index in [1.165, 1.54) is 45.2 Å². The molecule has 2 aliphatic rings. The van der Waals surface area contributed by atoms with E-state index < -0.39 is 0 Å². The van der Waals surface area contributed by atoms with E-state index in [0.717, 1.165) is 43.8 Å². The zero-order chi connectivity index (χ0) is 18.2. The molecule has 26 heavy (non-hydrogen) atoms. The van der Waals surface area contributed by atoms with Gasteiger partial charge < -0.3 is 20.0 Å². The molecular weight excluding hydrogens is 326 g/mol. The zero-order valence-corrected chi connectivity index (χ0v) is 16.4. The van der Waals surface area contributed by atoms with Crippen molar-refractivity contribution in [1.82, 2.24) is 20.4 Å². The van der Waals surface area contributed by atoms with Crippen molar-refractivity contribution in [2.45, 2.75) is 38.1 Å². The van der Waals surface area contributed by atoms with Gasteiger partial charge in [-0.25, -0.2) is 0 Å². The fourth-order valence-corrected chi connectivity index (χ4v) is 4.04. The Bertz CT molecular complexity index is 530. The molecular formula is C20H35N5O. The number of likely N-dealkylation sites (tertiary alicyclic amines) is 2. The maximum Gasteiger partial charge on any atom is 0.191 e. The lowest BCUT2D eigenvalue weighted by Crippen LogP contribution is -2.46. The van der Waals surface area contributed by atoms with Crippen molar-refractivity contribution >= 4 is 5.96 Å². The topological polar surface area (TPSA) is 56.0 Å².